The molecule has 27 heavy (non-hydrogen) atoms. The van der Waals surface area contributed by atoms with Crippen molar-refractivity contribution in [2.24, 2.45) is 11.1 Å². The standard InChI is InChI=1S/C15H24N6O4S.CH4/c1-15(2,3)14-20-11-12(17-7-18-13(11)21-14)19-9-4-8(10(22)5-9)6-25-26(16,23)24;/h7-10,22H,4-6H2,1-3H3,(H2,16,23,24)(H2,17,18,19,20,21);1H4/t8-,9+,10-;/m0./s1. The lowest BCUT2D eigenvalue weighted by atomic mass is 9.96. The summed E-state index contributed by atoms with van der Waals surface area (Å²) in [5.74, 6) is 1.08. The summed E-state index contributed by atoms with van der Waals surface area (Å²) in [5.41, 5.74) is 1.12. The van der Waals surface area contributed by atoms with Gasteiger partial charge in [-0.2, -0.15) is 8.42 Å². The average molecular weight is 401 g/mol. The van der Waals surface area contributed by atoms with Crippen molar-refractivity contribution in [3.63, 3.8) is 0 Å². The molecule has 2 heterocycles. The molecule has 3 rings (SSSR count). The Morgan fingerprint density at radius 3 is 2.70 bits per heavy atom. The van der Waals surface area contributed by atoms with Crippen LogP contribution in [0.2, 0.25) is 0 Å². The number of nitrogens with zero attached hydrogens (tertiary/aromatic N) is 3. The van der Waals surface area contributed by atoms with Gasteiger partial charge in [0.1, 0.15) is 17.7 Å². The largest absolute Gasteiger partial charge is 0.393 e. The summed E-state index contributed by atoms with van der Waals surface area (Å²) in [6.45, 7) is 6.01. The number of imidazole rings is 1. The summed E-state index contributed by atoms with van der Waals surface area (Å²) < 4.78 is 26.5. The summed E-state index contributed by atoms with van der Waals surface area (Å²) in [6, 6.07) is -0.0847. The van der Waals surface area contributed by atoms with Crippen LogP contribution in [-0.4, -0.2) is 52.2 Å². The zero-order chi connectivity index (χ0) is 19.1. The summed E-state index contributed by atoms with van der Waals surface area (Å²) in [7, 11) is -4.02. The lowest BCUT2D eigenvalue weighted by molar-refractivity contribution is 0.101. The number of fused-ring (bicyclic) bond motifs is 1. The molecule has 3 atom stereocenters. The van der Waals surface area contributed by atoms with Gasteiger partial charge in [0.25, 0.3) is 0 Å². The van der Waals surface area contributed by atoms with Crippen molar-refractivity contribution in [3.05, 3.63) is 12.2 Å². The normalized spacial score (nSPS) is 23.4. The van der Waals surface area contributed by atoms with Gasteiger partial charge in [0.2, 0.25) is 0 Å². The van der Waals surface area contributed by atoms with Crippen LogP contribution >= 0.6 is 0 Å². The summed E-state index contributed by atoms with van der Waals surface area (Å²) >= 11 is 0. The maximum atomic E-state index is 10.9. The van der Waals surface area contributed by atoms with Crippen molar-refractivity contribution >= 4 is 27.3 Å². The first kappa shape index (κ1) is 21.5. The van der Waals surface area contributed by atoms with Crippen LogP contribution in [0.5, 0.6) is 0 Å². The Bertz CT molecular complexity index is 892. The van der Waals surface area contributed by atoms with Gasteiger partial charge in [0.15, 0.2) is 11.5 Å². The highest BCUT2D eigenvalue weighted by Gasteiger charge is 2.34. The molecule has 2 aromatic rings. The van der Waals surface area contributed by atoms with Gasteiger partial charge in [-0.15, -0.1) is 0 Å². The Balaban J connectivity index is 0.00000261. The van der Waals surface area contributed by atoms with Gasteiger partial charge in [0, 0.05) is 17.4 Å². The van der Waals surface area contributed by atoms with Gasteiger partial charge in [-0.1, -0.05) is 28.2 Å². The van der Waals surface area contributed by atoms with E-state index in [1.54, 1.807) is 0 Å². The van der Waals surface area contributed by atoms with Gasteiger partial charge >= 0.3 is 10.3 Å². The molecular formula is C16H28N6O4S. The minimum atomic E-state index is -4.02. The number of hydrogen-bond donors (Lipinski definition) is 4. The molecule has 1 saturated carbocycles. The highest BCUT2D eigenvalue weighted by Crippen LogP contribution is 2.31. The van der Waals surface area contributed by atoms with Crippen molar-refractivity contribution in [2.45, 2.75) is 58.6 Å². The predicted molar refractivity (Wildman–Crippen MR) is 102 cm³/mol. The van der Waals surface area contributed by atoms with E-state index in [2.05, 4.69) is 50.2 Å². The van der Waals surface area contributed by atoms with Gasteiger partial charge < -0.3 is 15.4 Å². The molecule has 1 fully saturated rings. The average Bonchev–Trinajstić information content (AvgIpc) is 3.08. The minimum absolute atomic E-state index is 0. The highest BCUT2D eigenvalue weighted by atomic mass is 32.2. The molecule has 2 aromatic heterocycles. The third-order valence-corrected chi connectivity index (χ3v) is 4.91. The number of rotatable bonds is 5. The number of aromatic amines is 1. The first-order valence-electron chi connectivity index (χ1n) is 8.36. The number of aliphatic hydroxyl groups is 1. The van der Waals surface area contributed by atoms with Gasteiger partial charge in [-0.3, -0.25) is 4.18 Å². The number of aliphatic hydroxyl groups excluding tert-OH is 1. The van der Waals surface area contributed by atoms with Crippen LogP contribution in [0, 0.1) is 5.92 Å². The molecule has 0 bridgehead atoms. The number of H-pyrrole nitrogens is 1. The maximum absolute atomic E-state index is 10.9. The van der Waals surface area contributed by atoms with Crippen LogP contribution in [0.4, 0.5) is 5.82 Å². The molecule has 11 heteroatoms. The van der Waals surface area contributed by atoms with Crippen LogP contribution < -0.4 is 10.5 Å². The molecule has 0 amide bonds. The van der Waals surface area contributed by atoms with E-state index in [9.17, 15) is 13.5 Å². The molecule has 0 unspecified atom stereocenters. The second kappa shape index (κ2) is 7.66. The number of hydrogen-bond acceptors (Lipinski definition) is 8. The Kier molecular flexibility index (Phi) is 6.10. The lowest BCUT2D eigenvalue weighted by Gasteiger charge is -2.14. The van der Waals surface area contributed by atoms with E-state index in [-0.39, 0.29) is 31.4 Å². The quantitative estimate of drug-likeness (QED) is 0.580. The molecule has 10 nitrogen and oxygen atoms in total. The summed E-state index contributed by atoms with van der Waals surface area (Å²) in [4.78, 5) is 16.2. The zero-order valence-corrected chi connectivity index (χ0v) is 15.7. The number of aromatic nitrogens is 4. The molecule has 5 N–H and O–H groups in total. The second-order valence-electron chi connectivity index (χ2n) is 7.67. The first-order chi connectivity index (χ1) is 12.0. The van der Waals surface area contributed by atoms with E-state index in [1.165, 1.54) is 6.33 Å². The molecule has 0 spiro atoms. The molecular weight excluding hydrogens is 372 g/mol. The van der Waals surface area contributed by atoms with E-state index in [1.807, 2.05) is 0 Å². The van der Waals surface area contributed by atoms with Crippen LogP contribution in [0.1, 0.15) is 46.9 Å². The molecule has 0 saturated heterocycles. The van der Waals surface area contributed by atoms with Crippen molar-refractivity contribution in [2.75, 3.05) is 11.9 Å². The van der Waals surface area contributed by atoms with Crippen LogP contribution in [0.15, 0.2) is 6.33 Å². The molecule has 1 aliphatic carbocycles. The summed E-state index contributed by atoms with van der Waals surface area (Å²) in [5, 5.41) is 18.3. The minimum Gasteiger partial charge on any atom is -0.393 e. The Morgan fingerprint density at radius 2 is 2.07 bits per heavy atom. The lowest BCUT2D eigenvalue weighted by Crippen LogP contribution is -2.24. The fraction of sp³-hybridized carbons (Fsp3) is 0.688. The summed E-state index contributed by atoms with van der Waals surface area (Å²) in [6.07, 6.45) is 1.73. The van der Waals surface area contributed by atoms with E-state index >= 15 is 0 Å². The number of anilines is 1. The van der Waals surface area contributed by atoms with Gasteiger partial charge in [0.05, 0.1) is 12.7 Å². The Morgan fingerprint density at radius 1 is 1.37 bits per heavy atom. The van der Waals surface area contributed by atoms with E-state index in [0.717, 1.165) is 5.82 Å². The van der Waals surface area contributed by atoms with E-state index in [4.69, 9.17) is 5.14 Å². The first-order valence-corrected chi connectivity index (χ1v) is 9.83. The smallest absolute Gasteiger partial charge is 0.333 e. The maximum Gasteiger partial charge on any atom is 0.333 e. The SMILES string of the molecule is C.CC(C)(C)c1nc2ncnc(N[C@@H]3C[C@@H](COS(N)(=O)=O)[C@@H](O)C3)c2[nH]1. The Labute approximate surface area is 159 Å². The number of nitrogens with two attached hydrogens (primary N) is 1. The fourth-order valence-corrected chi connectivity index (χ4v) is 3.43. The Hall–Kier alpha value is -1.82. The van der Waals surface area contributed by atoms with Crippen LogP contribution in [-0.2, 0) is 19.9 Å². The number of nitrogens with one attached hydrogen (secondary N) is 2. The van der Waals surface area contributed by atoms with Crippen LogP contribution in [0.25, 0.3) is 11.2 Å². The van der Waals surface area contributed by atoms with Crippen molar-refractivity contribution in [1.82, 2.24) is 19.9 Å². The van der Waals surface area contributed by atoms with Crippen LogP contribution in [0.3, 0.4) is 0 Å². The molecule has 1 aliphatic rings. The van der Waals surface area contributed by atoms with Crippen molar-refractivity contribution in [3.8, 4) is 0 Å². The third kappa shape index (κ3) is 5.12. The van der Waals surface area contributed by atoms with Crippen molar-refractivity contribution < 1.29 is 17.7 Å². The topological polar surface area (TPSA) is 156 Å². The van der Waals surface area contributed by atoms with Gasteiger partial charge in [-0.25, -0.2) is 20.1 Å². The monoisotopic (exact) mass is 400 g/mol. The van der Waals surface area contributed by atoms with Gasteiger partial charge in [-0.05, 0) is 12.8 Å². The second-order valence-corrected chi connectivity index (χ2v) is 8.90. The molecule has 0 aliphatic heterocycles. The van der Waals surface area contributed by atoms with E-state index < -0.39 is 16.4 Å². The van der Waals surface area contributed by atoms with Crippen molar-refractivity contribution in [1.29, 1.82) is 0 Å². The predicted octanol–water partition coefficient (Wildman–Crippen LogP) is 1.06. The molecule has 0 aromatic carbocycles. The molecule has 0 radical (unpaired) electrons. The van der Waals surface area contributed by atoms with E-state index in [0.29, 0.717) is 29.8 Å². The zero-order valence-electron chi connectivity index (χ0n) is 14.9. The fourth-order valence-electron chi connectivity index (χ4n) is 3.07. The highest BCUT2D eigenvalue weighted by molar-refractivity contribution is 7.84. The molecule has 152 valence electrons. The third-order valence-electron chi connectivity index (χ3n) is 4.44.